The summed E-state index contributed by atoms with van der Waals surface area (Å²) >= 11 is 3.58. The summed E-state index contributed by atoms with van der Waals surface area (Å²) in [5, 5.41) is 2.30. The highest BCUT2D eigenvalue weighted by molar-refractivity contribution is 9.10. The number of rotatable bonds is 5. The predicted octanol–water partition coefficient (Wildman–Crippen LogP) is 11.2. The quantitative estimate of drug-likeness (QED) is 0.206. The fraction of sp³-hybridized carbons (Fsp3) is 0. The van der Waals surface area contributed by atoms with Crippen LogP contribution in [0.15, 0.2) is 154 Å². The third-order valence-corrected chi connectivity index (χ3v) is 7.68. The Morgan fingerprint density at radius 3 is 1.56 bits per heavy atom. The van der Waals surface area contributed by atoms with E-state index in [2.05, 4.69) is 148 Å². The summed E-state index contributed by atoms with van der Waals surface area (Å²) in [6, 6.07) is 51.1. The van der Waals surface area contributed by atoms with Crippen LogP contribution in [0.3, 0.4) is 0 Å². The van der Waals surface area contributed by atoms with Crippen molar-refractivity contribution in [2.24, 2.45) is 0 Å². The van der Waals surface area contributed by atoms with Crippen molar-refractivity contribution in [3.63, 3.8) is 0 Å². The van der Waals surface area contributed by atoms with Gasteiger partial charge in [-0.25, -0.2) is 0 Å². The first-order chi connectivity index (χ1) is 19.2. The Kier molecular flexibility index (Phi) is 5.99. The van der Waals surface area contributed by atoms with Gasteiger partial charge in [-0.05, 0) is 89.0 Å². The number of hydrogen-bond donors (Lipinski definition) is 0. The zero-order chi connectivity index (χ0) is 26.2. The molecule has 0 unspecified atom stereocenters. The van der Waals surface area contributed by atoms with Gasteiger partial charge < -0.3 is 9.32 Å². The van der Waals surface area contributed by atoms with Gasteiger partial charge in [-0.15, -0.1) is 0 Å². The monoisotopic (exact) mass is 565 g/mol. The van der Waals surface area contributed by atoms with Gasteiger partial charge in [0.25, 0.3) is 0 Å². The molecule has 186 valence electrons. The van der Waals surface area contributed by atoms with Crippen LogP contribution >= 0.6 is 15.9 Å². The Balaban J connectivity index is 1.25. The van der Waals surface area contributed by atoms with Crippen molar-refractivity contribution < 1.29 is 4.42 Å². The summed E-state index contributed by atoms with van der Waals surface area (Å²) < 4.78 is 7.19. The van der Waals surface area contributed by atoms with Gasteiger partial charge in [-0.1, -0.05) is 94.8 Å². The molecular weight excluding hydrogens is 542 g/mol. The summed E-state index contributed by atoms with van der Waals surface area (Å²) in [6.45, 7) is 0. The molecule has 0 aliphatic carbocycles. The lowest BCUT2D eigenvalue weighted by atomic mass is 10.0. The van der Waals surface area contributed by atoms with Gasteiger partial charge in [0, 0.05) is 32.3 Å². The Labute approximate surface area is 235 Å². The number of nitrogens with zero attached hydrogens (tertiary/aromatic N) is 1. The standard InChI is InChI=1S/C36H24BrNO/c37-29-15-21-32(22-16-29)38(30-17-10-26(11-18-30)25-6-2-1-3-7-25)31-19-12-27(13-20-31)28-14-23-34-33-8-4-5-9-35(33)39-36(34)24-28/h1-24H. The molecule has 0 aliphatic heterocycles. The van der Waals surface area contributed by atoms with Crippen LogP contribution in [0.4, 0.5) is 17.1 Å². The molecular formula is C36H24BrNO. The molecule has 0 saturated heterocycles. The number of benzene rings is 6. The van der Waals surface area contributed by atoms with E-state index >= 15 is 0 Å². The van der Waals surface area contributed by atoms with Crippen molar-refractivity contribution in [1.82, 2.24) is 0 Å². The summed E-state index contributed by atoms with van der Waals surface area (Å²) in [5.74, 6) is 0. The number of hydrogen-bond acceptors (Lipinski definition) is 2. The van der Waals surface area contributed by atoms with Crippen molar-refractivity contribution in [2.75, 3.05) is 4.90 Å². The maximum Gasteiger partial charge on any atom is 0.136 e. The summed E-state index contributed by atoms with van der Waals surface area (Å²) in [4.78, 5) is 2.29. The van der Waals surface area contributed by atoms with E-state index in [9.17, 15) is 0 Å². The van der Waals surface area contributed by atoms with Crippen LogP contribution in [0.25, 0.3) is 44.2 Å². The fourth-order valence-corrected chi connectivity index (χ4v) is 5.44. The van der Waals surface area contributed by atoms with Gasteiger partial charge in [-0.2, -0.15) is 0 Å². The Morgan fingerprint density at radius 2 is 0.897 bits per heavy atom. The zero-order valence-electron chi connectivity index (χ0n) is 21.1. The minimum atomic E-state index is 0.910. The van der Waals surface area contributed by atoms with Crippen molar-refractivity contribution in [1.29, 1.82) is 0 Å². The molecule has 0 radical (unpaired) electrons. The minimum absolute atomic E-state index is 0.910. The predicted molar refractivity (Wildman–Crippen MR) is 167 cm³/mol. The summed E-state index contributed by atoms with van der Waals surface area (Å²) in [7, 11) is 0. The van der Waals surface area contributed by atoms with Crippen LogP contribution in [0.1, 0.15) is 0 Å². The maximum absolute atomic E-state index is 6.13. The smallest absolute Gasteiger partial charge is 0.136 e. The summed E-state index contributed by atoms with van der Waals surface area (Å²) in [5.41, 5.74) is 9.83. The van der Waals surface area contributed by atoms with E-state index in [0.29, 0.717) is 0 Å². The average Bonchev–Trinajstić information content (AvgIpc) is 3.37. The molecule has 0 spiro atoms. The third-order valence-electron chi connectivity index (χ3n) is 7.16. The van der Waals surface area contributed by atoms with Crippen LogP contribution < -0.4 is 4.90 Å². The first kappa shape index (κ1) is 23.5. The molecule has 0 saturated carbocycles. The molecule has 0 bridgehead atoms. The van der Waals surface area contributed by atoms with Crippen LogP contribution in [0, 0.1) is 0 Å². The van der Waals surface area contributed by atoms with Gasteiger partial charge in [0.05, 0.1) is 0 Å². The van der Waals surface area contributed by atoms with Crippen LogP contribution in [-0.4, -0.2) is 0 Å². The molecule has 0 atom stereocenters. The van der Waals surface area contributed by atoms with Crippen LogP contribution in [0.5, 0.6) is 0 Å². The van der Waals surface area contributed by atoms with E-state index in [4.69, 9.17) is 4.42 Å². The highest BCUT2D eigenvalue weighted by Crippen LogP contribution is 2.38. The van der Waals surface area contributed by atoms with E-state index in [1.54, 1.807) is 0 Å². The fourth-order valence-electron chi connectivity index (χ4n) is 5.18. The Hall–Kier alpha value is -4.60. The van der Waals surface area contributed by atoms with E-state index in [1.807, 2.05) is 18.2 Å². The van der Waals surface area contributed by atoms with Gasteiger partial charge in [0.1, 0.15) is 11.2 Å². The normalized spacial score (nSPS) is 11.2. The molecule has 3 heteroatoms. The topological polar surface area (TPSA) is 16.4 Å². The third kappa shape index (κ3) is 4.52. The Bertz CT molecular complexity index is 1890. The first-order valence-electron chi connectivity index (χ1n) is 13.0. The van der Waals surface area contributed by atoms with Crippen LogP contribution in [-0.2, 0) is 0 Å². The molecule has 6 aromatic carbocycles. The highest BCUT2D eigenvalue weighted by atomic mass is 79.9. The van der Waals surface area contributed by atoms with E-state index in [1.165, 1.54) is 11.1 Å². The second-order valence-corrected chi connectivity index (χ2v) is 10.5. The van der Waals surface area contributed by atoms with E-state index in [-0.39, 0.29) is 0 Å². The van der Waals surface area contributed by atoms with Crippen molar-refractivity contribution >= 4 is 54.9 Å². The number of furan rings is 1. The second kappa shape index (κ2) is 9.94. The molecule has 2 nitrogen and oxygen atoms in total. The maximum atomic E-state index is 6.13. The molecule has 1 heterocycles. The molecule has 7 rings (SSSR count). The number of halogens is 1. The molecule has 0 amide bonds. The van der Waals surface area contributed by atoms with Crippen molar-refractivity contribution in [3.05, 3.63) is 150 Å². The van der Waals surface area contributed by atoms with Gasteiger partial charge in [-0.3, -0.25) is 0 Å². The average molecular weight is 566 g/mol. The van der Waals surface area contributed by atoms with Crippen LogP contribution in [0.2, 0.25) is 0 Å². The number of fused-ring (bicyclic) bond motifs is 3. The van der Waals surface area contributed by atoms with E-state index < -0.39 is 0 Å². The van der Waals surface area contributed by atoms with Gasteiger partial charge in [0.15, 0.2) is 0 Å². The van der Waals surface area contributed by atoms with Gasteiger partial charge in [0.2, 0.25) is 0 Å². The molecule has 1 aromatic heterocycles. The SMILES string of the molecule is Brc1ccc(N(c2ccc(-c3ccccc3)cc2)c2ccc(-c3ccc4c(c3)oc3ccccc34)cc2)cc1. The second-order valence-electron chi connectivity index (χ2n) is 9.58. The first-order valence-corrected chi connectivity index (χ1v) is 13.8. The van der Waals surface area contributed by atoms with Crippen molar-refractivity contribution in [2.45, 2.75) is 0 Å². The highest BCUT2D eigenvalue weighted by Gasteiger charge is 2.14. The summed E-state index contributed by atoms with van der Waals surface area (Å²) in [6.07, 6.45) is 0. The molecule has 0 N–H and O–H groups in total. The number of anilines is 3. The molecule has 0 aliphatic rings. The molecule has 0 fully saturated rings. The molecule has 7 aromatic rings. The zero-order valence-corrected chi connectivity index (χ0v) is 22.7. The van der Waals surface area contributed by atoms with Crippen molar-refractivity contribution in [3.8, 4) is 22.3 Å². The van der Waals surface area contributed by atoms with E-state index in [0.717, 1.165) is 54.6 Å². The lowest BCUT2D eigenvalue weighted by molar-refractivity contribution is 0.669. The lowest BCUT2D eigenvalue weighted by Gasteiger charge is -2.26. The number of para-hydroxylation sites is 1. The lowest BCUT2D eigenvalue weighted by Crippen LogP contribution is -2.09. The largest absolute Gasteiger partial charge is 0.456 e. The van der Waals surface area contributed by atoms with Gasteiger partial charge >= 0.3 is 0 Å². The molecule has 39 heavy (non-hydrogen) atoms. The minimum Gasteiger partial charge on any atom is -0.456 e. The Morgan fingerprint density at radius 1 is 0.410 bits per heavy atom.